The quantitative estimate of drug-likeness (QED) is 0.620. The van der Waals surface area contributed by atoms with Gasteiger partial charge >= 0.3 is 0 Å². The Balaban J connectivity index is 2.89. The summed E-state index contributed by atoms with van der Waals surface area (Å²) in [6.45, 7) is 2.08. The van der Waals surface area contributed by atoms with Crippen molar-refractivity contribution in [3.8, 4) is 0 Å². The topological polar surface area (TPSA) is 86.2 Å². The van der Waals surface area contributed by atoms with E-state index in [2.05, 4.69) is 0 Å². The van der Waals surface area contributed by atoms with Gasteiger partial charge in [0.2, 0.25) is 0 Å². The van der Waals surface area contributed by atoms with Crippen LogP contribution < -0.4 is 5.73 Å². The van der Waals surface area contributed by atoms with Crippen LogP contribution in [0.3, 0.4) is 0 Å². The third kappa shape index (κ3) is 3.11. The Bertz CT molecular complexity index is 409. The Hall–Kier alpha value is -1.27. The number of nitro groups is 1. The van der Waals surface area contributed by atoms with Gasteiger partial charge in [-0.05, 0) is 6.92 Å². The predicted molar refractivity (Wildman–Crippen MR) is 63.5 cm³/mol. The summed E-state index contributed by atoms with van der Waals surface area (Å²) in [6, 6.07) is 6.34. The summed E-state index contributed by atoms with van der Waals surface area (Å²) < 4.78 is 11.7. The fraction of sp³-hybridized carbons (Fsp3) is 0.400. The SMILES string of the molecule is CC(CN)S(=O)Cc1ccccc1[N+](=O)[O-]. The molecule has 0 aliphatic rings. The van der Waals surface area contributed by atoms with Crippen LogP contribution in [0.4, 0.5) is 5.69 Å². The van der Waals surface area contributed by atoms with Crippen molar-refractivity contribution in [1.82, 2.24) is 0 Å². The highest BCUT2D eigenvalue weighted by Gasteiger charge is 2.17. The number of hydrogen-bond donors (Lipinski definition) is 1. The van der Waals surface area contributed by atoms with E-state index < -0.39 is 15.7 Å². The van der Waals surface area contributed by atoms with Crippen molar-refractivity contribution in [2.24, 2.45) is 5.73 Å². The van der Waals surface area contributed by atoms with Gasteiger partial charge in [-0.15, -0.1) is 0 Å². The van der Waals surface area contributed by atoms with Crippen LogP contribution in [0.2, 0.25) is 0 Å². The number of benzene rings is 1. The second-order valence-electron chi connectivity index (χ2n) is 3.46. The molecule has 1 aromatic rings. The molecule has 16 heavy (non-hydrogen) atoms. The monoisotopic (exact) mass is 242 g/mol. The maximum atomic E-state index is 11.7. The number of rotatable bonds is 5. The van der Waals surface area contributed by atoms with Gasteiger partial charge in [0, 0.05) is 34.2 Å². The zero-order valence-corrected chi connectivity index (χ0v) is 9.78. The highest BCUT2D eigenvalue weighted by Crippen LogP contribution is 2.19. The molecule has 0 saturated carbocycles. The molecule has 6 heteroatoms. The molecule has 1 rings (SSSR count). The van der Waals surface area contributed by atoms with E-state index in [4.69, 9.17) is 5.73 Å². The van der Waals surface area contributed by atoms with Gasteiger partial charge in [0.25, 0.3) is 5.69 Å². The molecule has 2 unspecified atom stereocenters. The van der Waals surface area contributed by atoms with Crippen LogP contribution in [0, 0.1) is 10.1 Å². The van der Waals surface area contributed by atoms with Crippen LogP contribution in [0.1, 0.15) is 12.5 Å². The molecule has 0 amide bonds. The summed E-state index contributed by atoms with van der Waals surface area (Å²) in [5, 5.41) is 10.6. The Kier molecular flexibility index (Phi) is 4.57. The molecule has 0 saturated heterocycles. The van der Waals surface area contributed by atoms with Crippen LogP contribution in [-0.4, -0.2) is 20.9 Å². The molecular weight excluding hydrogens is 228 g/mol. The van der Waals surface area contributed by atoms with Crippen molar-refractivity contribution < 1.29 is 9.13 Å². The van der Waals surface area contributed by atoms with Gasteiger partial charge in [0.05, 0.1) is 10.7 Å². The third-order valence-electron chi connectivity index (χ3n) is 2.27. The number of para-hydroxylation sites is 1. The van der Waals surface area contributed by atoms with Crippen molar-refractivity contribution in [3.05, 3.63) is 39.9 Å². The Labute approximate surface area is 96.3 Å². The molecule has 2 atom stereocenters. The zero-order valence-electron chi connectivity index (χ0n) is 8.96. The first kappa shape index (κ1) is 12.8. The van der Waals surface area contributed by atoms with E-state index in [0.717, 1.165) is 0 Å². The van der Waals surface area contributed by atoms with Crippen LogP contribution in [0.5, 0.6) is 0 Å². The van der Waals surface area contributed by atoms with E-state index >= 15 is 0 Å². The molecule has 5 nitrogen and oxygen atoms in total. The molecule has 0 aliphatic heterocycles. The molecule has 0 fully saturated rings. The van der Waals surface area contributed by atoms with E-state index in [1.54, 1.807) is 25.1 Å². The molecule has 0 bridgehead atoms. The average Bonchev–Trinajstić information content (AvgIpc) is 2.28. The second kappa shape index (κ2) is 5.72. The zero-order chi connectivity index (χ0) is 12.1. The maximum Gasteiger partial charge on any atom is 0.273 e. The normalized spacial score (nSPS) is 14.4. The summed E-state index contributed by atoms with van der Waals surface area (Å²) in [6.07, 6.45) is 0. The minimum Gasteiger partial charge on any atom is -0.329 e. The Morgan fingerprint density at radius 2 is 2.12 bits per heavy atom. The molecule has 0 aromatic heterocycles. The number of nitro benzene ring substituents is 1. The van der Waals surface area contributed by atoms with E-state index in [1.807, 2.05) is 0 Å². The molecule has 0 radical (unpaired) electrons. The number of nitrogens with zero attached hydrogens (tertiary/aromatic N) is 1. The summed E-state index contributed by atoms with van der Waals surface area (Å²) >= 11 is 0. The van der Waals surface area contributed by atoms with E-state index in [-0.39, 0.29) is 16.7 Å². The van der Waals surface area contributed by atoms with Gasteiger partial charge in [-0.3, -0.25) is 14.3 Å². The lowest BCUT2D eigenvalue weighted by Gasteiger charge is -2.08. The molecule has 0 heterocycles. The van der Waals surface area contributed by atoms with Crippen LogP contribution in [0.15, 0.2) is 24.3 Å². The van der Waals surface area contributed by atoms with Gasteiger partial charge in [-0.2, -0.15) is 0 Å². The van der Waals surface area contributed by atoms with Crippen molar-refractivity contribution in [3.63, 3.8) is 0 Å². The predicted octanol–water partition coefficient (Wildman–Crippen LogP) is 1.19. The lowest BCUT2D eigenvalue weighted by atomic mass is 10.2. The smallest absolute Gasteiger partial charge is 0.273 e. The molecule has 2 N–H and O–H groups in total. The fourth-order valence-corrected chi connectivity index (χ4v) is 2.26. The minimum absolute atomic E-state index is 0.0140. The van der Waals surface area contributed by atoms with Crippen molar-refractivity contribution in [1.29, 1.82) is 0 Å². The number of nitrogens with two attached hydrogens (primary N) is 1. The Morgan fingerprint density at radius 3 is 2.69 bits per heavy atom. The lowest BCUT2D eigenvalue weighted by Crippen LogP contribution is -2.23. The first-order chi connectivity index (χ1) is 7.56. The Morgan fingerprint density at radius 1 is 1.50 bits per heavy atom. The second-order valence-corrected chi connectivity index (χ2v) is 5.31. The minimum atomic E-state index is -1.17. The van der Waals surface area contributed by atoms with Crippen LogP contribution >= 0.6 is 0 Å². The summed E-state index contributed by atoms with van der Waals surface area (Å²) in [5.74, 6) is 0.176. The standard InChI is InChI=1S/C10H14N2O3S/c1-8(6-11)16(15)7-9-4-2-3-5-10(9)12(13)14/h2-5,8H,6-7,11H2,1H3. The molecule has 1 aromatic carbocycles. The van der Waals surface area contributed by atoms with Crippen molar-refractivity contribution in [2.75, 3.05) is 6.54 Å². The fourth-order valence-electron chi connectivity index (χ4n) is 1.21. The van der Waals surface area contributed by atoms with E-state index in [9.17, 15) is 14.3 Å². The van der Waals surface area contributed by atoms with Gasteiger partial charge in [-0.25, -0.2) is 0 Å². The summed E-state index contributed by atoms with van der Waals surface area (Å²) in [5.41, 5.74) is 5.90. The first-order valence-electron chi connectivity index (χ1n) is 4.85. The van der Waals surface area contributed by atoms with Crippen LogP contribution in [-0.2, 0) is 16.6 Å². The van der Waals surface area contributed by atoms with Gasteiger partial charge in [0.1, 0.15) is 0 Å². The van der Waals surface area contributed by atoms with Gasteiger partial charge < -0.3 is 5.73 Å². The molecule has 0 aliphatic carbocycles. The molecule has 88 valence electrons. The van der Waals surface area contributed by atoms with Gasteiger partial charge in [0.15, 0.2) is 0 Å². The highest BCUT2D eigenvalue weighted by atomic mass is 32.2. The van der Waals surface area contributed by atoms with Gasteiger partial charge in [-0.1, -0.05) is 18.2 Å². The largest absolute Gasteiger partial charge is 0.329 e. The molecular formula is C10H14N2O3S. The van der Waals surface area contributed by atoms with E-state index in [1.165, 1.54) is 6.07 Å². The lowest BCUT2D eigenvalue weighted by molar-refractivity contribution is -0.385. The number of hydrogen-bond acceptors (Lipinski definition) is 4. The first-order valence-corrected chi connectivity index (χ1v) is 6.24. The maximum absolute atomic E-state index is 11.7. The third-order valence-corrected chi connectivity index (χ3v) is 3.95. The summed E-state index contributed by atoms with van der Waals surface area (Å²) in [4.78, 5) is 10.3. The van der Waals surface area contributed by atoms with Crippen molar-refractivity contribution in [2.45, 2.75) is 17.9 Å². The van der Waals surface area contributed by atoms with Crippen molar-refractivity contribution >= 4 is 16.5 Å². The van der Waals surface area contributed by atoms with Crippen LogP contribution in [0.25, 0.3) is 0 Å². The van der Waals surface area contributed by atoms with E-state index in [0.29, 0.717) is 12.1 Å². The molecule has 0 spiro atoms. The average molecular weight is 242 g/mol. The summed E-state index contributed by atoms with van der Waals surface area (Å²) in [7, 11) is -1.17. The highest BCUT2D eigenvalue weighted by molar-refractivity contribution is 7.84.